The van der Waals surface area contributed by atoms with Gasteiger partial charge >= 0.3 is 0 Å². The first-order valence-electron chi connectivity index (χ1n) is 4.91. The smallest absolute Gasteiger partial charge is 0.0853 e. The number of anilines is 1. The van der Waals surface area contributed by atoms with E-state index < -0.39 is 0 Å². The number of aromatic nitrogens is 2. The molecule has 0 radical (unpaired) electrons. The van der Waals surface area contributed by atoms with Gasteiger partial charge in [-0.1, -0.05) is 6.92 Å². The Morgan fingerprint density at radius 2 is 2.43 bits per heavy atom. The number of hydrogen-bond acceptors (Lipinski definition) is 3. The zero-order chi connectivity index (χ0) is 10.4. The molecule has 1 aromatic heterocycles. The molecule has 0 amide bonds. The summed E-state index contributed by atoms with van der Waals surface area (Å²) in [6.07, 6.45) is 4.40. The van der Waals surface area contributed by atoms with Crippen molar-refractivity contribution in [3.05, 3.63) is 11.9 Å². The van der Waals surface area contributed by atoms with Gasteiger partial charge in [0, 0.05) is 26.2 Å². The standard InChI is InChI=1S/C10H16N4/c1-3-9-10(8-14(2)13-9)12-7-5-4-6-11/h8,12H,3-5,7H2,1-2H3. The second-order valence-corrected chi connectivity index (χ2v) is 3.21. The molecule has 4 heteroatoms. The van der Waals surface area contributed by atoms with Crippen LogP contribution in [-0.4, -0.2) is 16.3 Å². The van der Waals surface area contributed by atoms with Crippen molar-refractivity contribution in [1.82, 2.24) is 9.78 Å². The Morgan fingerprint density at radius 1 is 1.64 bits per heavy atom. The minimum absolute atomic E-state index is 0.606. The van der Waals surface area contributed by atoms with Gasteiger partial charge in [0.15, 0.2) is 0 Å². The van der Waals surface area contributed by atoms with Crippen molar-refractivity contribution < 1.29 is 0 Å². The average Bonchev–Trinajstić information content (AvgIpc) is 2.54. The molecular formula is C10H16N4. The minimum Gasteiger partial charge on any atom is -0.382 e. The van der Waals surface area contributed by atoms with E-state index >= 15 is 0 Å². The van der Waals surface area contributed by atoms with Crippen LogP contribution in [0, 0.1) is 11.3 Å². The van der Waals surface area contributed by atoms with Crippen molar-refractivity contribution in [3.8, 4) is 6.07 Å². The Balaban J connectivity index is 2.45. The van der Waals surface area contributed by atoms with E-state index in [2.05, 4.69) is 23.4 Å². The summed E-state index contributed by atoms with van der Waals surface area (Å²) in [5.41, 5.74) is 2.18. The number of hydrogen-bond donors (Lipinski definition) is 1. The topological polar surface area (TPSA) is 53.6 Å². The molecule has 0 saturated carbocycles. The van der Waals surface area contributed by atoms with Crippen LogP contribution in [0.15, 0.2) is 6.20 Å². The van der Waals surface area contributed by atoms with Gasteiger partial charge in [-0.15, -0.1) is 0 Å². The van der Waals surface area contributed by atoms with Crippen LogP contribution in [0.2, 0.25) is 0 Å². The molecule has 0 fully saturated rings. The van der Waals surface area contributed by atoms with E-state index in [1.807, 2.05) is 17.9 Å². The van der Waals surface area contributed by atoms with Crippen LogP contribution >= 0.6 is 0 Å². The fraction of sp³-hybridized carbons (Fsp3) is 0.600. The maximum absolute atomic E-state index is 8.37. The number of rotatable bonds is 5. The molecule has 76 valence electrons. The molecule has 0 aliphatic rings. The summed E-state index contributed by atoms with van der Waals surface area (Å²) in [6.45, 7) is 2.93. The van der Waals surface area contributed by atoms with Crippen molar-refractivity contribution in [3.63, 3.8) is 0 Å². The molecule has 1 N–H and O–H groups in total. The van der Waals surface area contributed by atoms with Gasteiger partial charge in [0.25, 0.3) is 0 Å². The highest BCUT2D eigenvalue weighted by molar-refractivity contribution is 5.46. The van der Waals surface area contributed by atoms with Gasteiger partial charge in [0.05, 0.1) is 17.5 Å². The lowest BCUT2D eigenvalue weighted by atomic mass is 10.3. The van der Waals surface area contributed by atoms with Gasteiger partial charge in [-0.3, -0.25) is 4.68 Å². The highest BCUT2D eigenvalue weighted by Gasteiger charge is 2.03. The molecule has 0 aliphatic heterocycles. The molecule has 0 saturated heterocycles. The Bertz CT molecular complexity index is 321. The van der Waals surface area contributed by atoms with E-state index in [1.54, 1.807) is 0 Å². The first-order valence-corrected chi connectivity index (χ1v) is 4.91. The summed E-state index contributed by atoms with van der Waals surface area (Å²) in [4.78, 5) is 0. The van der Waals surface area contributed by atoms with E-state index in [4.69, 9.17) is 5.26 Å². The fourth-order valence-corrected chi connectivity index (χ4v) is 1.33. The summed E-state index contributed by atoms with van der Waals surface area (Å²) in [6, 6.07) is 2.13. The van der Waals surface area contributed by atoms with Gasteiger partial charge in [0.1, 0.15) is 0 Å². The molecule has 1 aromatic rings. The predicted octanol–water partition coefficient (Wildman–Crippen LogP) is 1.70. The third-order valence-corrected chi connectivity index (χ3v) is 2.02. The summed E-state index contributed by atoms with van der Waals surface area (Å²) < 4.78 is 1.81. The van der Waals surface area contributed by atoms with Crippen LogP contribution < -0.4 is 5.32 Å². The molecule has 0 aromatic carbocycles. The quantitative estimate of drug-likeness (QED) is 0.722. The van der Waals surface area contributed by atoms with Crippen molar-refractivity contribution >= 4 is 5.69 Å². The van der Waals surface area contributed by atoms with Crippen LogP contribution in [0.4, 0.5) is 5.69 Å². The van der Waals surface area contributed by atoms with E-state index in [9.17, 15) is 0 Å². The van der Waals surface area contributed by atoms with Crippen molar-refractivity contribution in [2.24, 2.45) is 7.05 Å². The lowest BCUT2D eigenvalue weighted by Crippen LogP contribution is -2.02. The highest BCUT2D eigenvalue weighted by Crippen LogP contribution is 2.13. The summed E-state index contributed by atoms with van der Waals surface area (Å²) in [7, 11) is 1.92. The molecule has 1 heterocycles. The molecule has 0 bridgehead atoms. The largest absolute Gasteiger partial charge is 0.382 e. The third-order valence-electron chi connectivity index (χ3n) is 2.02. The van der Waals surface area contributed by atoms with E-state index in [-0.39, 0.29) is 0 Å². The fourth-order valence-electron chi connectivity index (χ4n) is 1.33. The molecule has 0 unspecified atom stereocenters. The van der Waals surface area contributed by atoms with Gasteiger partial charge in [-0.25, -0.2) is 0 Å². The Hall–Kier alpha value is -1.50. The summed E-state index contributed by atoms with van der Waals surface area (Å²) in [5.74, 6) is 0. The number of aryl methyl sites for hydroxylation is 2. The van der Waals surface area contributed by atoms with Gasteiger partial charge in [-0.05, 0) is 12.8 Å². The second kappa shape index (κ2) is 5.28. The van der Waals surface area contributed by atoms with E-state index in [1.165, 1.54) is 0 Å². The van der Waals surface area contributed by atoms with Crippen molar-refractivity contribution in [2.45, 2.75) is 26.2 Å². The molecule has 0 aliphatic carbocycles. The van der Waals surface area contributed by atoms with Crippen molar-refractivity contribution in [2.75, 3.05) is 11.9 Å². The van der Waals surface area contributed by atoms with Crippen LogP contribution in [0.3, 0.4) is 0 Å². The minimum atomic E-state index is 0.606. The SMILES string of the molecule is CCc1nn(C)cc1NCCCC#N. The number of nitrogens with one attached hydrogen (secondary N) is 1. The van der Waals surface area contributed by atoms with Crippen LogP contribution in [0.5, 0.6) is 0 Å². The Labute approximate surface area is 84.5 Å². The first kappa shape index (κ1) is 10.6. The van der Waals surface area contributed by atoms with Crippen LogP contribution in [-0.2, 0) is 13.5 Å². The first-order chi connectivity index (χ1) is 6.77. The molecule has 0 spiro atoms. The highest BCUT2D eigenvalue weighted by atomic mass is 15.3. The van der Waals surface area contributed by atoms with E-state index in [0.29, 0.717) is 6.42 Å². The van der Waals surface area contributed by atoms with Crippen LogP contribution in [0.25, 0.3) is 0 Å². The predicted molar refractivity (Wildman–Crippen MR) is 55.9 cm³/mol. The summed E-state index contributed by atoms with van der Waals surface area (Å²) >= 11 is 0. The molecule has 4 nitrogen and oxygen atoms in total. The normalized spacial score (nSPS) is 9.79. The molecular weight excluding hydrogens is 176 g/mol. The number of nitriles is 1. The third kappa shape index (κ3) is 2.77. The lowest BCUT2D eigenvalue weighted by Gasteiger charge is -2.02. The number of nitrogens with zero attached hydrogens (tertiary/aromatic N) is 3. The van der Waals surface area contributed by atoms with Crippen molar-refractivity contribution in [1.29, 1.82) is 5.26 Å². The lowest BCUT2D eigenvalue weighted by molar-refractivity contribution is 0.746. The zero-order valence-corrected chi connectivity index (χ0v) is 8.75. The monoisotopic (exact) mass is 192 g/mol. The molecule has 0 atom stereocenters. The van der Waals surface area contributed by atoms with Gasteiger partial charge in [-0.2, -0.15) is 10.4 Å². The Morgan fingerprint density at radius 3 is 3.07 bits per heavy atom. The van der Waals surface area contributed by atoms with E-state index in [0.717, 1.165) is 30.8 Å². The maximum Gasteiger partial charge on any atom is 0.0853 e. The average molecular weight is 192 g/mol. The van der Waals surface area contributed by atoms with Gasteiger partial charge < -0.3 is 5.32 Å². The zero-order valence-electron chi connectivity index (χ0n) is 8.75. The Kier molecular flexibility index (Phi) is 3.99. The molecule has 14 heavy (non-hydrogen) atoms. The van der Waals surface area contributed by atoms with Gasteiger partial charge in [0.2, 0.25) is 0 Å². The summed E-state index contributed by atoms with van der Waals surface area (Å²) in [5, 5.41) is 16.0. The maximum atomic E-state index is 8.37. The number of unbranched alkanes of at least 4 members (excludes halogenated alkanes) is 1. The molecule has 1 rings (SSSR count). The second-order valence-electron chi connectivity index (χ2n) is 3.21. The van der Waals surface area contributed by atoms with Crippen LogP contribution in [0.1, 0.15) is 25.5 Å².